The van der Waals surface area contributed by atoms with Crippen molar-refractivity contribution in [3.8, 4) is 22.3 Å². The molecule has 288 valence electrons. The summed E-state index contributed by atoms with van der Waals surface area (Å²) in [7, 11) is 2.54. The Morgan fingerprint density at radius 1 is 0.750 bits per heavy atom. The van der Waals surface area contributed by atoms with Crippen molar-refractivity contribution in [2.24, 2.45) is 0 Å². The Morgan fingerprint density at radius 2 is 1.34 bits per heavy atom. The van der Waals surface area contributed by atoms with Gasteiger partial charge in [0.15, 0.2) is 5.78 Å². The van der Waals surface area contributed by atoms with Gasteiger partial charge in [-0.05, 0) is 115 Å². The number of rotatable bonds is 9. The van der Waals surface area contributed by atoms with Crippen molar-refractivity contribution in [3.05, 3.63) is 84.4 Å². The van der Waals surface area contributed by atoms with Crippen molar-refractivity contribution >= 4 is 56.7 Å². The minimum atomic E-state index is -1.04. The van der Waals surface area contributed by atoms with Crippen molar-refractivity contribution in [1.29, 1.82) is 0 Å². The van der Waals surface area contributed by atoms with E-state index in [1.807, 2.05) is 18.2 Å². The maximum atomic E-state index is 13.7. The monoisotopic (exact) mass is 756 g/mol. The van der Waals surface area contributed by atoms with Gasteiger partial charge in [0.2, 0.25) is 5.91 Å². The Labute approximate surface area is 322 Å². The average Bonchev–Trinajstić information content (AvgIpc) is 4.05. The van der Waals surface area contributed by atoms with E-state index in [2.05, 4.69) is 85.3 Å². The molecule has 5 N–H and O–H groups in total. The van der Waals surface area contributed by atoms with E-state index in [1.54, 1.807) is 18.7 Å². The van der Waals surface area contributed by atoms with Gasteiger partial charge in [-0.15, -0.1) is 0 Å². The number of H-pyrrole nitrogens is 2. The normalized spacial score (nSPS) is 19.3. The standard InChI is InChI=1S/C42H44N8O6/c1-23(44-40(53)55-3)36(51)42(16-6-17-43-42)39-48-32-15-13-29(22-34(32)49-39)27-11-9-25-8-10-26(19-30(25)20-27)28-12-14-31-33(21-28)47-37(46-31)35-7-5-18-50(35)38(52)24(2)45-41(54)56-4/h8-15,19-24,35,43H,5-7,16-18H2,1-4H3,(H,44,53)(H,45,54)(H,46,47)(H,48,49)/t23-,24-,35-,42+/m0/s1. The van der Waals surface area contributed by atoms with Crippen LogP contribution >= 0.6 is 0 Å². The number of hydrogen-bond donors (Lipinski definition) is 5. The van der Waals surface area contributed by atoms with Crippen LogP contribution in [0.25, 0.3) is 55.1 Å². The quantitative estimate of drug-likeness (QED) is 0.114. The number of nitrogens with zero attached hydrogens (tertiary/aromatic N) is 3. The van der Waals surface area contributed by atoms with Crippen LogP contribution in [0.4, 0.5) is 9.59 Å². The van der Waals surface area contributed by atoms with Crippen LogP contribution in [0.3, 0.4) is 0 Å². The Balaban J connectivity index is 1.05. The van der Waals surface area contributed by atoms with E-state index < -0.39 is 29.8 Å². The number of likely N-dealkylation sites (tertiary alicyclic amines) is 1. The fourth-order valence-electron chi connectivity index (χ4n) is 8.17. The number of aromatic amines is 2. The lowest BCUT2D eigenvalue weighted by molar-refractivity contribution is -0.134. The number of carbonyl (C=O) groups excluding carboxylic acids is 4. The number of alkyl carbamates (subject to hydrolysis) is 2. The largest absolute Gasteiger partial charge is 0.453 e. The summed E-state index contributed by atoms with van der Waals surface area (Å²) in [5, 5.41) is 10.7. The molecule has 4 atom stereocenters. The van der Waals surface area contributed by atoms with Crippen LogP contribution < -0.4 is 16.0 Å². The van der Waals surface area contributed by atoms with Gasteiger partial charge >= 0.3 is 12.2 Å². The number of aromatic nitrogens is 4. The van der Waals surface area contributed by atoms with E-state index in [1.165, 1.54) is 14.2 Å². The maximum absolute atomic E-state index is 13.7. The van der Waals surface area contributed by atoms with Gasteiger partial charge in [0.25, 0.3) is 0 Å². The molecule has 14 heteroatoms. The number of ether oxygens (including phenoxy) is 2. The van der Waals surface area contributed by atoms with E-state index >= 15 is 0 Å². The molecule has 4 aromatic carbocycles. The summed E-state index contributed by atoms with van der Waals surface area (Å²) < 4.78 is 9.39. The van der Waals surface area contributed by atoms with Gasteiger partial charge in [-0.25, -0.2) is 19.6 Å². The highest BCUT2D eigenvalue weighted by Gasteiger charge is 2.47. The molecule has 2 fully saturated rings. The molecule has 3 amide bonds. The molecule has 0 bridgehead atoms. The van der Waals surface area contributed by atoms with Crippen molar-refractivity contribution in [2.45, 2.75) is 63.2 Å². The summed E-state index contributed by atoms with van der Waals surface area (Å²) >= 11 is 0. The molecule has 14 nitrogen and oxygen atoms in total. The first-order valence-electron chi connectivity index (χ1n) is 18.9. The molecule has 2 saturated heterocycles. The van der Waals surface area contributed by atoms with Crippen LogP contribution in [-0.2, 0) is 24.6 Å². The second-order valence-corrected chi connectivity index (χ2v) is 14.7. The summed E-state index contributed by atoms with van der Waals surface area (Å²) in [6, 6.07) is 23.3. The molecule has 56 heavy (non-hydrogen) atoms. The lowest BCUT2D eigenvalue weighted by Gasteiger charge is -2.28. The fraction of sp³-hybridized carbons (Fsp3) is 0.333. The van der Waals surface area contributed by atoms with Crippen LogP contribution in [0.15, 0.2) is 72.8 Å². The lowest BCUT2D eigenvalue weighted by Crippen LogP contribution is -2.54. The number of ketones is 1. The molecule has 0 spiro atoms. The van der Waals surface area contributed by atoms with Gasteiger partial charge in [-0.2, -0.15) is 0 Å². The number of methoxy groups -OCH3 is 2. The number of carbonyl (C=O) groups is 4. The molecular weight excluding hydrogens is 713 g/mol. The van der Waals surface area contributed by atoms with E-state index in [4.69, 9.17) is 14.7 Å². The fourth-order valence-corrected chi connectivity index (χ4v) is 8.17. The zero-order valence-corrected chi connectivity index (χ0v) is 31.7. The number of benzene rings is 4. The number of nitrogens with one attached hydrogen (secondary N) is 5. The topological polar surface area (TPSA) is 183 Å². The summed E-state index contributed by atoms with van der Waals surface area (Å²) in [5.74, 6) is 0.910. The molecule has 2 aliphatic heterocycles. The van der Waals surface area contributed by atoms with E-state index in [9.17, 15) is 19.2 Å². The molecule has 4 heterocycles. The Morgan fingerprint density at radius 3 is 1.96 bits per heavy atom. The van der Waals surface area contributed by atoms with E-state index in [0.717, 1.165) is 80.2 Å². The van der Waals surface area contributed by atoms with Crippen LogP contribution in [0.2, 0.25) is 0 Å². The number of fused-ring (bicyclic) bond motifs is 3. The number of imidazole rings is 2. The van der Waals surface area contributed by atoms with Gasteiger partial charge < -0.3 is 35.0 Å². The Bertz CT molecular complexity index is 2500. The Kier molecular flexibility index (Phi) is 9.66. The number of amides is 3. The van der Waals surface area contributed by atoms with Gasteiger partial charge in [0, 0.05) is 6.54 Å². The number of Topliss-reactive ketones (excluding diaryl/α,β-unsaturated/α-hetero) is 1. The highest BCUT2D eigenvalue weighted by molar-refractivity contribution is 5.97. The SMILES string of the molecule is COC(=O)N[C@@H](C)C(=O)N1CCC[C@H]1c1nc2ccc(-c3ccc4ccc(-c5ccc6nc([C@]7(C(=O)[C@H](C)NC(=O)OC)CCCN7)[nH]c6c5)cc4c3)cc2[nH]1. The van der Waals surface area contributed by atoms with Crippen LogP contribution in [-0.4, -0.2) is 88.1 Å². The highest BCUT2D eigenvalue weighted by atomic mass is 16.5. The number of hydrogen-bond acceptors (Lipinski definition) is 9. The van der Waals surface area contributed by atoms with Gasteiger partial charge in [-0.3, -0.25) is 14.9 Å². The van der Waals surface area contributed by atoms with Crippen molar-refractivity contribution in [3.63, 3.8) is 0 Å². The van der Waals surface area contributed by atoms with Crippen molar-refractivity contribution < 1.29 is 28.7 Å². The van der Waals surface area contributed by atoms with E-state index in [-0.39, 0.29) is 17.7 Å². The molecule has 2 aromatic heterocycles. The van der Waals surface area contributed by atoms with Crippen LogP contribution in [0.1, 0.15) is 57.2 Å². The average molecular weight is 757 g/mol. The molecule has 2 aliphatic rings. The minimum Gasteiger partial charge on any atom is -0.453 e. The van der Waals surface area contributed by atoms with Crippen LogP contribution in [0.5, 0.6) is 0 Å². The molecule has 6 aromatic rings. The third kappa shape index (κ3) is 6.70. The molecule has 0 radical (unpaired) electrons. The minimum absolute atomic E-state index is 0.174. The molecule has 0 aliphatic carbocycles. The lowest BCUT2D eigenvalue weighted by atomic mass is 9.87. The zero-order chi connectivity index (χ0) is 39.1. The van der Waals surface area contributed by atoms with Crippen molar-refractivity contribution in [1.82, 2.24) is 40.8 Å². The second kappa shape index (κ2) is 14.8. The Hall–Kier alpha value is -6.28. The molecular formula is C42H44N8O6. The third-order valence-corrected chi connectivity index (χ3v) is 11.1. The molecule has 0 unspecified atom stereocenters. The zero-order valence-electron chi connectivity index (χ0n) is 31.7. The van der Waals surface area contributed by atoms with Gasteiger partial charge in [0.05, 0.1) is 48.4 Å². The van der Waals surface area contributed by atoms with E-state index in [0.29, 0.717) is 25.3 Å². The first-order valence-corrected chi connectivity index (χ1v) is 18.9. The van der Waals surface area contributed by atoms with Crippen LogP contribution in [0, 0.1) is 0 Å². The first kappa shape index (κ1) is 36.7. The molecule has 0 saturated carbocycles. The van der Waals surface area contributed by atoms with Crippen molar-refractivity contribution in [2.75, 3.05) is 27.3 Å². The smallest absolute Gasteiger partial charge is 0.407 e. The van der Waals surface area contributed by atoms with Gasteiger partial charge in [-0.1, -0.05) is 36.4 Å². The summed E-state index contributed by atoms with van der Waals surface area (Å²) in [6.07, 6.45) is 1.68. The molecule has 8 rings (SSSR count). The van der Waals surface area contributed by atoms with Gasteiger partial charge in [0.1, 0.15) is 23.2 Å². The third-order valence-electron chi connectivity index (χ3n) is 11.1. The highest BCUT2D eigenvalue weighted by Crippen LogP contribution is 2.36. The second-order valence-electron chi connectivity index (χ2n) is 14.7. The predicted molar refractivity (Wildman–Crippen MR) is 212 cm³/mol. The first-order chi connectivity index (χ1) is 27.1. The maximum Gasteiger partial charge on any atom is 0.407 e. The summed E-state index contributed by atoms with van der Waals surface area (Å²) in [6.45, 7) is 4.56. The predicted octanol–water partition coefficient (Wildman–Crippen LogP) is 6.23. The summed E-state index contributed by atoms with van der Waals surface area (Å²) in [4.78, 5) is 69.0. The summed E-state index contributed by atoms with van der Waals surface area (Å²) in [5.41, 5.74) is 6.33.